The summed E-state index contributed by atoms with van der Waals surface area (Å²) in [6.45, 7) is 0. The Morgan fingerprint density at radius 2 is 0.647 bits per heavy atom. The molecule has 0 heterocycles. The van der Waals surface area contributed by atoms with Gasteiger partial charge in [0.25, 0.3) is 0 Å². The first kappa shape index (κ1) is 16.8. The Kier molecular flexibility index (Phi) is 8.74. The molecule has 0 saturated heterocycles. The molecule has 0 spiro atoms. The van der Waals surface area contributed by atoms with Crippen LogP contribution in [0.5, 0.6) is 0 Å². The summed E-state index contributed by atoms with van der Waals surface area (Å²) in [5.74, 6) is 0. The second kappa shape index (κ2) is 8.84. The van der Waals surface area contributed by atoms with Crippen molar-refractivity contribution in [1.29, 1.82) is 0 Å². The van der Waals surface area contributed by atoms with Crippen molar-refractivity contribution in [3.63, 3.8) is 0 Å². The Hall–Kier alpha value is -0.186. The van der Waals surface area contributed by atoms with E-state index in [1.807, 2.05) is 48.5 Å². The molecule has 0 aliphatic rings. The predicted molar refractivity (Wildman–Crippen MR) is 75.4 cm³/mol. The van der Waals surface area contributed by atoms with Gasteiger partial charge in [0, 0.05) is 0 Å². The molecule has 0 aromatic heterocycles. The van der Waals surface area contributed by atoms with E-state index >= 15 is 0 Å². The van der Waals surface area contributed by atoms with E-state index in [2.05, 4.69) is 0 Å². The fourth-order valence-electron chi connectivity index (χ4n) is 0.900. The van der Waals surface area contributed by atoms with Gasteiger partial charge in [-0.1, -0.05) is 48.5 Å². The first-order chi connectivity index (χ1) is 7.61. The molecule has 17 heavy (non-hydrogen) atoms. The molecule has 0 N–H and O–H groups in total. The molecular weight excluding hydrogens is 331 g/mol. The number of benzene rings is 2. The third-order valence-corrected chi connectivity index (χ3v) is 3.38. The smallest absolute Gasteiger partial charge is 0.781 e. The monoisotopic (exact) mass is 338 g/mol. The maximum absolute atomic E-state index is 4.85. The average Bonchev–Trinajstić information content (AvgIpc) is 2.28. The summed E-state index contributed by atoms with van der Waals surface area (Å²) in [5, 5.41) is 0. The van der Waals surface area contributed by atoms with E-state index in [0.717, 1.165) is 19.6 Å². The molecule has 2 aromatic rings. The van der Waals surface area contributed by atoms with Crippen molar-refractivity contribution in [3.05, 3.63) is 48.5 Å². The fourth-order valence-corrected chi connectivity index (χ4v) is 1.49. The van der Waals surface area contributed by atoms with Crippen LogP contribution in [0.4, 0.5) is 0 Å². The minimum Gasteiger partial charge on any atom is -0.781 e. The fraction of sp³-hybridized carbons (Fsp3) is 0. The molecule has 0 nitrogen and oxygen atoms in total. The molecule has 0 aliphatic heterocycles. The van der Waals surface area contributed by atoms with Crippen molar-refractivity contribution in [1.82, 2.24) is 0 Å². The van der Waals surface area contributed by atoms with E-state index < -0.39 is 0 Å². The van der Waals surface area contributed by atoms with Crippen molar-refractivity contribution in [3.8, 4) is 0 Å². The zero-order chi connectivity index (χ0) is 12.0. The Bertz CT molecular complexity index is 374. The topological polar surface area (TPSA) is 0 Å². The van der Waals surface area contributed by atoms with Gasteiger partial charge in [-0.15, -0.1) is 0 Å². The van der Waals surface area contributed by atoms with E-state index in [4.69, 9.17) is 50.5 Å². The first-order valence-corrected chi connectivity index (χ1v) is 6.10. The molecule has 1 radical (unpaired) electrons. The van der Waals surface area contributed by atoms with Crippen molar-refractivity contribution in [2.45, 2.75) is 19.6 Å². The molecule has 91 valence electrons. The Morgan fingerprint density at radius 1 is 0.471 bits per heavy atom. The number of hydrogen-bond donors (Lipinski definition) is 0. The van der Waals surface area contributed by atoms with Gasteiger partial charge in [0.15, 0.2) is 0 Å². The summed E-state index contributed by atoms with van der Waals surface area (Å²) >= 11 is 19.4. The second-order valence-electron chi connectivity index (χ2n) is 2.89. The van der Waals surface area contributed by atoms with E-state index in [1.165, 1.54) is 0 Å². The molecule has 0 atom stereocenters. The van der Waals surface area contributed by atoms with Gasteiger partial charge in [0.2, 0.25) is 0 Å². The molecule has 0 bridgehead atoms. The summed E-state index contributed by atoms with van der Waals surface area (Å²) in [6, 6.07) is 14.9. The molecule has 5 heteroatoms. The summed E-state index contributed by atoms with van der Waals surface area (Å²) in [7, 11) is 0. The normalized spacial score (nSPS) is 8.47. The van der Waals surface area contributed by atoms with Gasteiger partial charge in [0.1, 0.15) is 0 Å². The zero-order valence-corrected chi connectivity index (χ0v) is 12.8. The number of rotatable bonds is 0. The van der Waals surface area contributed by atoms with Crippen LogP contribution in [0, 0.1) is 0 Å². The van der Waals surface area contributed by atoms with Crippen molar-refractivity contribution >= 4 is 50.5 Å². The molecule has 0 aliphatic carbocycles. The van der Waals surface area contributed by atoms with Crippen molar-refractivity contribution < 1.29 is 16.5 Å². The summed E-state index contributed by atoms with van der Waals surface area (Å²) < 4.78 is 0. The standard InChI is InChI=1S/2C6H6S2.Ni/c2*7-5-3-1-2-4-6(5)8;/h2*1-4,7-8H;/q;;+3/p-4. The molecule has 2 aromatic carbocycles. The van der Waals surface area contributed by atoms with Gasteiger partial charge >= 0.3 is 16.5 Å². The summed E-state index contributed by atoms with van der Waals surface area (Å²) in [4.78, 5) is 3.06. The second-order valence-corrected chi connectivity index (χ2v) is 4.65. The predicted octanol–water partition coefficient (Wildman–Crippen LogP) is 2.99. The molecule has 0 amide bonds. The Labute approximate surface area is 134 Å². The average molecular weight is 339 g/mol. The number of hydrogen-bond acceptors (Lipinski definition) is 4. The van der Waals surface area contributed by atoms with Crippen LogP contribution in [0.3, 0.4) is 0 Å². The van der Waals surface area contributed by atoms with Crippen LogP contribution < -0.4 is 0 Å². The Morgan fingerprint density at radius 3 is 0.765 bits per heavy atom. The first-order valence-electron chi connectivity index (χ1n) is 4.47. The van der Waals surface area contributed by atoms with E-state index in [1.54, 1.807) is 0 Å². The maximum atomic E-state index is 4.85. The van der Waals surface area contributed by atoms with E-state index in [-0.39, 0.29) is 16.5 Å². The van der Waals surface area contributed by atoms with Gasteiger partial charge in [0.05, 0.1) is 0 Å². The van der Waals surface area contributed by atoms with Crippen molar-refractivity contribution in [2.75, 3.05) is 0 Å². The molecular formula is C12H8NiS4-. The van der Waals surface area contributed by atoms with Gasteiger partial charge in [-0.3, -0.25) is 0 Å². The van der Waals surface area contributed by atoms with Gasteiger partial charge in [-0.25, -0.2) is 0 Å². The van der Waals surface area contributed by atoms with Crippen LogP contribution in [0.1, 0.15) is 0 Å². The van der Waals surface area contributed by atoms with Crippen LogP contribution in [0.2, 0.25) is 0 Å². The van der Waals surface area contributed by atoms with E-state index in [9.17, 15) is 0 Å². The summed E-state index contributed by atoms with van der Waals surface area (Å²) in [5.41, 5.74) is 0. The Balaban J connectivity index is 0.000000284. The third-order valence-electron chi connectivity index (χ3n) is 1.70. The molecule has 0 fully saturated rings. The SMILES string of the molecule is [Ni+3].[S-]c1ccccc1[S-].[S-]c1ccccc1[S-]. The quantitative estimate of drug-likeness (QED) is 0.534. The van der Waals surface area contributed by atoms with Crippen LogP contribution >= 0.6 is 0 Å². The maximum Gasteiger partial charge on any atom is 3.00 e. The van der Waals surface area contributed by atoms with Gasteiger partial charge in [-0.2, -0.15) is 19.6 Å². The van der Waals surface area contributed by atoms with Crippen LogP contribution in [0.25, 0.3) is 0 Å². The van der Waals surface area contributed by atoms with Crippen molar-refractivity contribution in [2.24, 2.45) is 0 Å². The molecule has 2 rings (SSSR count). The third kappa shape index (κ3) is 6.34. The minimum atomic E-state index is 0. The molecule has 0 unspecified atom stereocenters. The van der Waals surface area contributed by atoms with Crippen LogP contribution in [0.15, 0.2) is 68.1 Å². The van der Waals surface area contributed by atoms with Crippen LogP contribution in [-0.4, -0.2) is 0 Å². The van der Waals surface area contributed by atoms with Gasteiger partial charge < -0.3 is 50.5 Å². The largest absolute Gasteiger partial charge is 3.00 e. The van der Waals surface area contributed by atoms with Gasteiger partial charge in [-0.05, 0) is 0 Å². The minimum absolute atomic E-state index is 0. The summed E-state index contributed by atoms with van der Waals surface area (Å²) in [6.07, 6.45) is 0. The van der Waals surface area contributed by atoms with Crippen LogP contribution in [-0.2, 0) is 67.0 Å². The van der Waals surface area contributed by atoms with E-state index in [0.29, 0.717) is 0 Å². The molecule has 0 saturated carbocycles. The zero-order valence-electron chi connectivity index (χ0n) is 8.57.